The SMILES string of the molecule is N#Cc1c[nH]c2cc3c(cc12)CCCCC3. The molecular weight excluding hydrogens is 196 g/mol. The molecule has 2 nitrogen and oxygen atoms in total. The lowest BCUT2D eigenvalue weighted by Crippen LogP contribution is -1.90. The Hall–Kier alpha value is -1.75. The molecule has 0 fully saturated rings. The minimum absolute atomic E-state index is 0.766. The lowest BCUT2D eigenvalue weighted by molar-refractivity contribution is 0.712. The summed E-state index contributed by atoms with van der Waals surface area (Å²) in [6.45, 7) is 0. The van der Waals surface area contributed by atoms with Gasteiger partial charge in [0.15, 0.2) is 0 Å². The molecule has 1 aliphatic rings. The molecule has 0 bridgehead atoms. The van der Waals surface area contributed by atoms with Gasteiger partial charge in [0.1, 0.15) is 6.07 Å². The Labute approximate surface area is 94.9 Å². The Kier molecular flexibility index (Phi) is 2.18. The van der Waals surface area contributed by atoms with Gasteiger partial charge in [-0.1, -0.05) is 6.42 Å². The Morgan fingerprint density at radius 3 is 2.56 bits per heavy atom. The van der Waals surface area contributed by atoms with E-state index in [-0.39, 0.29) is 0 Å². The van der Waals surface area contributed by atoms with Gasteiger partial charge in [0.25, 0.3) is 0 Å². The number of benzene rings is 1. The van der Waals surface area contributed by atoms with E-state index in [0.717, 1.165) is 16.5 Å². The Morgan fingerprint density at radius 1 is 1.06 bits per heavy atom. The van der Waals surface area contributed by atoms with E-state index in [1.807, 2.05) is 6.20 Å². The Bertz CT molecular complexity index is 572. The van der Waals surface area contributed by atoms with Gasteiger partial charge >= 0.3 is 0 Å². The van der Waals surface area contributed by atoms with E-state index in [1.165, 1.54) is 43.2 Å². The minimum atomic E-state index is 0.766. The molecule has 0 unspecified atom stereocenters. The monoisotopic (exact) mass is 210 g/mol. The summed E-state index contributed by atoms with van der Waals surface area (Å²) in [4.78, 5) is 3.19. The number of nitrogens with zero attached hydrogens (tertiary/aromatic N) is 1. The summed E-state index contributed by atoms with van der Waals surface area (Å²) in [5, 5.41) is 10.1. The molecule has 3 rings (SSSR count). The van der Waals surface area contributed by atoms with Gasteiger partial charge in [0.2, 0.25) is 0 Å². The zero-order valence-electron chi connectivity index (χ0n) is 9.21. The summed E-state index contributed by atoms with van der Waals surface area (Å²) in [6, 6.07) is 6.69. The molecule has 80 valence electrons. The second-order valence-electron chi connectivity index (χ2n) is 4.54. The first-order valence-electron chi connectivity index (χ1n) is 5.91. The lowest BCUT2D eigenvalue weighted by atomic mass is 10.00. The molecule has 16 heavy (non-hydrogen) atoms. The predicted molar refractivity (Wildman–Crippen MR) is 64.3 cm³/mol. The summed E-state index contributed by atoms with van der Waals surface area (Å²) in [5.41, 5.74) is 4.79. The first kappa shape index (κ1) is 9.47. The van der Waals surface area contributed by atoms with Crippen LogP contribution in [0.1, 0.15) is 36.0 Å². The van der Waals surface area contributed by atoms with Gasteiger partial charge in [-0.05, 0) is 48.9 Å². The van der Waals surface area contributed by atoms with Crippen molar-refractivity contribution in [3.8, 4) is 6.07 Å². The quantitative estimate of drug-likeness (QED) is 0.666. The number of hydrogen-bond acceptors (Lipinski definition) is 1. The maximum Gasteiger partial charge on any atom is 0.101 e. The molecule has 0 saturated carbocycles. The number of fused-ring (bicyclic) bond motifs is 2. The van der Waals surface area contributed by atoms with Gasteiger partial charge < -0.3 is 4.98 Å². The molecule has 1 aromatic carbocycles. The predicted octanol–water partition coefficient (Wildman–Crippen LogP) is 3.31. The van der Waals surface area contributed by atoms with Crippen LogP contribution in [0.3, 0.4) is 0 Å². The standard InChI is InChI=1S/C14H14N2/c15-8-12-9-16-14-7-11-5-3-1-2-4-10(11)6-13(12)14/h6-7,9,16H,1-5H2. The number of aromatic amines is 1. The van der Waals surface area contributed by atoms with Crippen LogP contribution in [0.25, 0.3) is 10.9 Å². The van der Waals surface area contributed by atoms with Crippen molar-refractivity contribution in [3.63, 3.8) is 0 Å². The van der Waals surface area contributed by atoms with Gasteiger partial charge in [-0.2, -0.15) is 5.26 Å². The minimum Gasteiger partial charge on any atom is -0.360 e. The van der Waals surface area contributed by atoms with Crippen LogP contribution in [-0.2, 0) is 12.8 Å². The molecule has 1 N–H and O–H groups in total. The second kappa shape index (κ2) is 3.68. The largest absolute Gasteiger partial charge is 0.360 e. The number of aromatic nitrogens is 1. The fourth-order valence-corrected chi connectivity index (χ4v) is 2.62. The highest BCUT2D eigenvalue weighted by atomic mass is 14.7. The molecule has 1 aliphatic carbocycles. The number of aryl methyl sites for hydroxylation is 2. The summed E-state index contributed by atoms with van der Waals surface area (Å²) in [6.07, 6.45) is 8.07. The van der Waals surface area contributed by atoms with E-state index in [9.17, 15) is 0 Å². The third kappa shape index (κ3) is 1.40. The van der Waals surface area contributed by atoms with E-state index in [2.05, 4.69) is 23.2 Å². The molecule has 0 amide bonds. The molecule has 2 heteroatoms. The van der Waals surface area contributed by atoms with Crippen LogP contribution in [0.4, 0.5) is 0 Å². The number of nitrogens with one attached hydrogen (secondary N) is 1. The third-order valence-electron chi connectivity index (χ3n) is 3.51. The van der Waals surface area contributed by atoms with E-state index in [1.54, 1.807) is 0 Å². The van der Waals surface area contributed by atoms with Crippen LogP contribution in [0, 0.1) is 11.3 Å². The molecular formula is C14H14N2. The van der Waals surface area contributed by atoms with Gasteiger partial charge in [0, 0.05) is 17.1 Å². The van der Waals surface area contributed by atoms with Crippen LogP contribution in [0.2, 0.25) is 0 Å². The van der Waals surface area contributed by atoms with E-state index in [0.29, 0.717) is 0 Å². The fraction of sp³-hybridized carbons (Fsp3) is 0.357. The average molecular weight is 210 g/mol. The molecule has 0 saturated heterocycles. The molecule has 2 aromatic rings. The van der Waals surface area contributed by atoms with Crippen LogP contribution in [0.5, 0.6) is 0 Å². The fourth-order valence-electron chi connectivity index (χ4n) is 2.62. The second-order valence-corrected chi connectivity index (χ2v) is 4.54. The third-order valence-corrected chi connectivity index (χ3v) is 3.51. The van der Waals surface area contributed by atoms with Crippen LogP contribution < -0.4 is 0 Å². The molecule has 0 aliphatic heterocycles. The van der Waals surface area contributed by atoms with Crippen LogP contribution in [0.15, 0.2) is 18.3 Å². The van der Waals surface area contributed by atoms with E-state index >= 15 is 0 Å². The summed E-state index contributed by atoms with van der Waals surface area (Å²) in [7, 11) is 0. The zero-order valence-corrected chi connectivity index (χ0v) is 9.21. The topological polar surface area (TPSA) is 39.6 Å². The molecule has 0 radical (unpaired) electrons. The van der Waals surface area contributed by atoms with Crippen molar-refractivity contribution in [1.29, 1.82) is 5.26 Å². The number of hydrogen-bond donors (Lipinski definition) is 1. The summed E-state index contributed by atoms with van der Waals surface area (Å²) in [5.74, 6) is 0. The first-order chi connectivity index (χ1) is 7.88. The highest BCUT2D eigenvalue weighted by molar-refractivity contribution is 5.87. The van der Waals surface area contributed by atoms with Crippen molar-refractivity contribution in [1.82, 2.24) is 4.98 Å². The first-order valence-corrected chi connectivity index (χ1v) is 5.91. The molecule has 1 aromatic heterocycles. The smallest absolute Gasteiger partial charge is 0.101 e. The normalized spacial score (nSPS) is 15.4. The Morgan fingerprint density at radius 2 is 1.81 bits per heavy atom. The number of nitriles is 1. The van der Waals surface area contributed by atoms with Gasteiger partial charge in [-0.3, -0.25) is 0 Å². The van der Waals surface area contributed by atoms with Crippen molar-refractivity contribution >= 4 is 10.9 Å². The van der Waals surface area contributed by atoms with Crippen LogP contribution >= 0.6 is 0 Å². The van der Waals surface area contributed by atoms with Gasteiger partial charge in [-0.15, -0.1) is 0 Å². The maximum absolute atomic E-state index is 9.01. The van der Waals surface area contributed by atoms with Gasteiger partial charge in [0.05, 0.1) is 5.56 Å². The van der Waals surface area contributed by atoms with Gasteiger partial charge in [-0.25, -0.2) is 0 Å². The van der Waals surface area contributed by atoms with Crippen molar-refractivity contribution in [2.75, 3.05) is 0 Å². The number of rotatable bonds is 0. The average Bonchev–Trinajstić information content (AvgIpc) is 2.55. The van der Waals surface area contributed by atoms with Crippen molar-refractivity contribution in [2.24, 2.45) is 0 Å². The zero-order chi connectivity index (χ0) is 11.0. The highest BCUT2D eigenvalue weighted by Gasteiger charge is 2.11. The van der Waals surface area contributed by atoms with Crippen LogP contribution in [-0.4, -0.2) is 4.98 Å². The van der Waals surface area contributed by atoms with Crippen molar-refractivity contribution in [3.05, 3.63) is 35.0 Å². The molecule has 1 heterocycles. The summed E-state index contributed by atoms with van der Waals surface area (Å²) < 4.78 is 0. The summed E-state index contributed by atoms with van der Waals surface area (Å²) >= 11 is 0. The highest BCUT2D eigenvalue weighted by Crippen LogP contribution is 2.27. The number of H-pyrrole nitrogens is 1. The van der Waals surface area contributed by atoms with E-state index < -0.39 is 0 Å². The maximum atomic E-state index is 9.01. The lowest BCUT2D eigenvalue weighted by Gasteiger charge is -2.05. The molecule has 0 atom stereocenters. The van der Waals surface area contributed by atoms with Crippen molar-refractivity contribution in [2.45, 2.75) is 32.1 Å². The Balaban J connectivity index is 2.23. The van der Waals surface area contributed by atoms with Crippen molar-refractivity contribution < 1.29 is 0 Å². The molecule has 0 spiro atoms. The van der Waals surface area contributed by atoms with E-state index in [4.69, 9.17) is 5.26 Å².